The van der Waals surface area contributed by atoms with Gasteiger partial charge in [0, 0.05) is 6.20 Å². The van der Waals surface area contributed by atoms with Crippen LogP contribution in [0.25, 0.3) is 11.5 Å². The number of rotatable bonds is 3. The van der Waals surface area contributed by atoms with Crippen LogP contribution in [0.5, 0.6) is 0 Å². The molecule has 2 aromatic rings. The SMILES string of the molecule is CCc1cccnc1-c1noc([C@H](C)N)n1. The van der Waals surface area contributed by atoms with E-state index in [0.717, 1.165) is 17.7 Å². The lowest BCUT2D eigenvalue weighted by Gasteiger charge is -2.00. The molecule has 0 spiro atoms. The Morgan fingerprint density at radius 1 is 1.50 bits per heavy atom. The Hall–Kier alpha value is -1.75. The maximum Gasteiger partial charge on any atom is 0.243 e. The number of aromatic nitrogens is 3. The fraction of sp³-hybridized carbons (Fsp3) is 0.364. The highest BCUT2D eigenvalue weighted by atomic mass is 16.5. The first kappa shape index (κ1) is 10.8. The normalized spacial score (nSPS) is 12.7. The van der Waals surface area contributed by atoms with Gasteiger partial charge in [-0.3, -0.25) is 4.98 Å². The van der Waals surface area contributed by atoms with Crippen LogP contribution in [0.4, 0.5) is 0 Å². The van der Waals surface area contributed by atoms with Crippen molar-refractivity contribution in [1.29, 1.82) is 0 Å². The summed E-state index contributed by atoms with van der Waals surface area (Å²) in [6, 6.07) is 3.65. The van der Waals surface area contributed by atoms with E-state index in [1.54, 1.807) is 13.1 Å². The molecule has 0 unspecified atom stereocenters. The molecule has 1 atom stereocenters. The summed E-state index contributed by atoms with van der Waals surface area (Å²) in [5.41, 5.74) is 7.52. The predicted octanol–water partition coefficient (Wildman–Crippen LogP) is 1.71. The van der Waals surface area contributed by atoms with E-state index in [2.05, 4.69) is 22.0 Å². The number of aryl methyl sites for hydroxylation is 1. The molecule has 0 bridgehead atoms. The number of nitrogens with zero attached hydrogens (tertiary/aromatic N) is 3. The molecule has 2 rings (SSSR count). The van der Waals surface area contributed by atoms with Crippen LogP contribution in [0.2, 0.25) is 0 Å². The average molecular weight is 218 g/mol. The van der Waals surface area contributed by atoms with Gasteiger partial charge in [-0.25, -0.2) is 0 Å². The fourth-order valence-corrected chi connectivity index (χ4v) is 1.44. The van der Waals surface area contributed by atoms with Crippen molar-refractivity contribution in [1.82, 2.24) is 15.1 Å². The molecule has 16 heavy (non-hydrogen) atoms. The van der Waals surface area contributed by atoms with Gasteiger partial charge in [-0.1, -0.05) is 18.1 Å². The molecule has 5 heteroatoms. The third-order valence-electron chi connectivity index (χ3n) is 2.32. The smallest absolute Gasteiger partial charge is 0.243 e. The molecular formula is C11H14N4O. The number of nitrogens with two attached hydrogens (primary N) is 1. The summed E-state index contributed by atoms with van der Waals surface area (Å²) in [7, 11) is 0. The van der Waals surface area contributed by atoms with Gasteiger partial charge in [0.05, 0.1) is 6.04 Å². The fourth-order valence-electron chi connectivity index (χ4n) is 1.44. The van der Waals surface area contributed by atoms with Crippen molar-refractivity contribution in [2.24, 2.45) is 5.73 Å². The van der Waals surface area contributed by atoms with E-state index in [9.17, 15) is 0 Å². The number of pyridine rings is 1. The minimum Gasteiger partial charge on any atom is -0.337 e. The van der Waals surface area contributed by atoms with Crippen molar-refractivity contribution >= 4 is 0 Å². The third kappa shape index (κ3) is 1.94. The van der Waals surface area contributed by atoms with Crippen LogP contribution in [0.3, 0.4) is 0 Å². The first-order chi connectivity index (χ1) is 7.72. The van der Waals surface area contributed by atoms with Gasteiger partial charge in [0.25, 0.3) is 0 Å². The molecule has 0 saturated carbocycles. The zero-order chi connectivity index (χ0) is 11.5. The zero-order valence-corrected chi connectivity index (χ0v) is 9.34. The van der Waals surface area contributed by atoms with Gasteiger partial charge in [-0.05, 0) is 25.0 Å². The zero-order valence-electron chi connectivity index (χ0n) is 9.34. The first-order valence-corrected chi connectivity index (χ1v) is 5.25. The van der Waals surface area contributed by atoms with Gasteiger partial charge in [0.2, 0.25) is 11.7 Å². The molecule has 2 aromatic heterocycles. The van der Waals surface area contributed by atoms with E-state index < -0.39 is 0 Å². The van der Waals surface area contributed by atoms with Crippen molar-refractivity contribution in [3.63, 3.8) is 0 Å². The van der Waals surface area contributed by atoms with Crippen molar-refractivity contribution in [2.45, 2.75) is 26.3 Å². The minimum atomic E-state index is -0.255. The average Bonchev–Trinajstić information content (AvgIpc) is 2.78. The van der Waals surface area contributed by atoms with Gasteiger partial charge < -0.3 is 10.3 Å². The molecule has 0 amide bonds. The van der Waals surface area contributed by atoms with Gasteiger partial charge >= 0.3 is 0 Å². The molecule has 0 aliphatic carbocycles. The Bertz CT molecular complexity index is 478. The van der Waals surface area contributed by atoms with E-state index in [-0.39, 0.29) is 6.04 Å². The van der Waals surface area contributed by atoms with Gasteiger partial charge in [-0.15, -0.1) is 0 Å². The largest absolute Gasteiger partial charge is 0.337 e. The third-order valence-corrected chi connectivity index (χ3v) is 2.32. The first-order valence-electron chi connectivity index (χ1n) is 5.25. The monoisotopic (exact) mass is 218 g/mol. The number of hydrogen-bond acceptors (Lipinski definition) is 5. The van der Waals surface area contributed by atoms with Crippen LogP contribution in [-0.4, -0.2) is 15.1 Å². The van der Waals surface area contributed by atoms with E-state index in [1.165, 1.54) is 0 Å². The van der Waals surface area contributed by atoms with Gasteiger partial charge in [0.1, 0.15) is 5.69 Å². The summed E-state index contributed by atoms with van der Waals surface area (Å²) in [6.45, 7) is 3.86. The summed E-state index contributed by atoms with van der Waals surface area (Å²) in [6.07, 6.45) is 2.60. The van der Waals surface area contributed by atoms with Gasteiger partial charge in [-0.2, -0.15) is 4.98 Å². The minimum absolute atomic E-state index is 0.255. The molecule has 0 aromatic carbocycles. The molecule has 0 aliphatic rings. The van der Waals surface area contributed by atoms with Crippen LogP contribution in [-0.2, 0) is 6.42 Å². The predicted molar refractivity (Wildman–Crippen MR) is 59.5 cm³/mol. The molecule has 0 aliphatic heterocycles. The molecular weight excluding hydrogens is 204 g/mol. The standard InChI is InChI=1S/C11H14N4O/c1-3-8-5-4-6-13-9(8)10-14-11(7(2)12)16-15-10/h4-7H,3,12H2,1-2H3/t7-/m0/s1. The molecule has 0 radical (unpaired) electrons. The molecule has 0 saturated heterocycles. The maximum absolute atomic E-state index is 5.66. The highest BCUT2D eigenvalue weighted by molar-refractivity contribution is 5.53. The Labute approximate surface area is 93.7 Å². The topological polar surface area (TPSA) is 77.8 Å². The van der Waals surface area contributed by atoms with Crippen molar-refractivity contribution in [2.75, 3.05) is 0 Å². The quantitative estimate of drug-likeness (QED) is 0.848. The summed E-state index contributed by atoms with van der Waals surface area (Å²) in [5, 5.41) is 3.89. The summed E-state index contributed by atoms with van der Waals surface area (Å²) in [4.78, 5) is 8.49. The summed E-state index contributed by atoms with van der Waals surface area (Å²) in [5.74, 6) is 0.937. The van der Waals surface area contributed by atoms with Crippen molar-refractivity contribution in [3.8, 4) is 11.5 Å². The lowest BCUT2D eigenvalue weighted by molar-refractivity contribution is 0.362. The van der Waals surface area contributed by atoms with Crippen LogP contribution in [0.1, 0.15) is 31.3 Å². The second-order valence-corrected chi connectivity index (χ2v) is 3.61. The second kappa shape index (κ2) is 4.40. The molecule has 5 nitrogen and oxygen atoms in total. The lowest BCUT2D eigenvalue weighted by Crippen LogP contribution is -2.05. The van der Waals surface area contributed by atoms with Crippen molar-refractivity contribution in [3.05, 3.63) is 29.8 Å². The number of hydrogen-bond donors (Lipinski definition) is 1. The van der Waals surface area contributed by atoms with E-state index in [0.29, 0.717) is 11.7 Å². The van der Waals surface area contributed by atoms with E-state index >= 15 is 0 Å². The van der Waals surface area contributed by atoms with Crippen molar-refractivity contribution < 1.29 is 4.52 Å². The lowest BCUT2D eigenvalue weighted by atomic mass is 10.1. The van der Waals surface area contributed by atoms with Crippen LogP contribution < -0.4 is 5.73 Å². The van der Waals surface area contributed by atoms with Crippen LogP contribution in [0, 0.1) is 0 Å². The highest BCUT2D eigenvalue weighted by Crippen LogP contribution is 2.19. The van der Waals surface area contributed by atoms with E-state index in [4.69, 9.17) is 10.3 Å². The molecule has 84 valence electrons. The Kier molecular flexibility index (Phi) is 2.96. The van der Waals surface area contributed by atoms with Gasteiger partial charge in [0.15, 0.2) is 0 Å². The molecule has 2 heterocycles. The van der Waals surface area contributed by atoms with Crippen LogP contribution in [0.15, 0.2) is 22.9 Å². The summed E-state index contributed by atoms with van der Waals surface area (Å²) < 4.78 is 5.05. The summed E-state index contributed by atoms with van der Waals surface area (Å²) >= 11 is 0. The second-order valence-electron chi connectivity index (χ2n) is 3.61. The Morgan fingerprint density at radius 2 is 2.31 bits per heavy atom. The molecule has 0 fully saturated rings. The Morgan fingerprint density at radius 3 is 2.94 bits per heavy atom. The maximum atomic E-state index is 5.66. The van der Waals surface area contributed by atoms with Crippen LogP contribution >= 0.6 is 0 Å². The Balaban J connectivity index is 2.42. The van der Waals surface area contributed by atoms with E-state index in [1.807, 2.05) is 12.1 Å². The highest BCUT2D eigenvalue weighted by Gasteiger charge is 2.14. The molecule has 2 N–H and O–H groups in total.